The van der Waals surface area contributed by atoms with Crippen molar-refractivity contribution in [2.24, 2.45) is 0 Å². The lowest BCUT2D eigenvalue weighted by Gasteiger charge is -2.31. The van der Waals surface area contributed by atoms with E-state index in [0.717, 1.165) is 35.7 Å². The number of nitrogens with zero attached hydrogens (tertiary/aromatic N) is 1. The fourth-order valence-corrected chi connectivity index (χ4v) is 4.18. The fourth-order valence-electron chi connectivity index (χ4n) is 3.25. The van der Waals surface area contributed by atoms with Gasteiger partial charge in [-0.2, -0.15) is 0 Å². The normalized spacial score (nSPS) is 14.5. The van der Waals surface area contributed by atoms with Crippen LogP contribution in [0.5, 0.6) is 0 Å². The van der Waals surface area contributed by atoms with Crippen LogP contribution >= 0.6 is 11.8 Å². The standard InChI is InChI=1S/C21H24N2O2S/c1-14-6-11-20-17(13-14)5-4-12-23(20)21(25)15(2)26-19-9-7-18(8-10-19)22-16(3)24/h6-11,13,15H,4-5,12H2,1-3H3,(H,22,24). The Labute approximate surface area is 159 Å². The van der Waals surface area contributed by atoms with E-state index < -0.39 is 0 Å². The van der Waals surface area contributed by atoms with Crippen molar-refractivity contribution in [2.75, 3.05) is 16.8 Å². The molecule has 5 heteroatoms. The first-order chi connectivity index (χ1) is 12.4. The van der Waals surface area contributed by atoms with Crippen molar-refractivity contribution < 1.29 is 9.59 Å². The first-order valence-electron chi connectivity index (χ1n) is 8.89. The van der Waals surface area contributed by atoms with Gasteiger partial charge in [-0.05, 0) is 62.6 Å². The molecule has 1 aliphatic rings. The van der Waals surface area contributed by atoms with Gasteiger partial charge in [0.2, 0.25) is 11.8 Å². The van der Waals surface area contributed by atoms with Crippen molar-refractivity contribution in [2.45, 2.75) is 43.8 Å². The van der Waals surface area contributed by atoms with Crippen molar-refractivity contribution in [3.05, 3.63) is 53.6 Å². The van der Waals surface area contributed by atoms with E-state index in [4.69, 9.17) is 0 Å². The second-order valence-electron chi connectivity index (χ2n) is 6.69. The molecule has 0 bridgehead atoms. The quantitative estimate of drug-likeness (QED) is 0.813. The van der Waals surface area contributed by atoms with Crippen LogP contribution in [-0.2, 0) is 16.0 Å². The second-order valence-corrected chi connectivity index (χ2v) is 8.11. The average molecular weight is 369 g/mol. The minimum Gasteiger partial charge on any atom is -0.326 e. The van der Waals surface area contributed by atoms with Gasteiger partial charge in [-0.15, -0.1) is 11.8 Å². The number of hydrogen-bond donors (Lipinski definition) is 1. The Morgan fingerprint density at radius 3 is 2.58 bits per heavy atom. The molecule has 2 aromatic carbocycles. The molecular formula is C21H24N2O2S. The molecule has 1 atom stereocenters. The zero-order valence-electron chi connectivity index (χ0n) is 15.4. The highest BCUT2D eigenvalue weighted by atomic mass is 32.2. The van der Waals surface area contributed by atoms with Crippen molar-refractivity contribution in [3.63, 3.8) is 0 Å². The van der Waals surface area contributed by atoms with E-state index in [-0.39, 0.29) is 17.1 Å². The fraction of sp³-hybridized carbons (Fsp3) is 0.333. The lowest BCUT2D eigenvalue weighted by Crippen LogP contribution is -2.40. The van der Waals surface area contributed by atoms with Crippen LogP contribution in [0, 0.1) is 6.92 Å². The van der Waals surface area contributed by atoms with Crippen LogP contribution in [-0.4, -0.2) is 23.6 Å². The maximum absolute atomic E-state index is 13.0. The first-order valence-corrected chi connectivity index (χ1v) is 9.77. The van der Waals surface area contributed by atoms with E-state index in [1.54, 1.807) is 11.8 Å². The molecule has 136 valence electrons. The Morgan fingerprint density at radius 1 is 1.15 bits per heavy atom. The van der Waals surface area contributed by atoms with Crippen LogP contribution in [0.4, 0.5) is 11.4 Å². The molecule has 2 amide bonds. The molecule has 0 saturated heterocycles. The van der Waals surface area contributed by atoms with Crippen LogP contribution in [0.2, 0.25) is 0 Å². The molecule has 1 aliphatic heterocycles. The molecule has 1 unspecified atom stereocenters. The zero-order chi connectivity index (χ0) is 18.7. The van der Waals surface area contributed by atoms with Crippen LogP contribution in [0.15, 0.2) is 47.4 Å². The third-order valence-electron chi connectivity index (χ3n) is 4.45. The maximum atomic E-state index is 13.0. The zero-order valence-corrected chi connectivity index (χ0v) is 16.2. The Hall–Kier alpha value is -2.27. The van der Waals surface area contributed by atoms with Crippen molar-refractivity contribution in [3.8, 4) is 0 Å². The van der Waals surface area contributed by atoms with E-state index in [2.05, 4.69) is 30.4 Å². The van der Waals surface area contributed by atoms with E-state index in [1.165, 1.54) is 18.1 Å². The minimum atomic E-state index is -0.172. The van der Waals surface area contributed by atoms with Crippen LogP contribution < -0.4 is 10.2 Å². The van der Waals surface area contributed by atoms with E-state index in [1.807, 2.05) is 36.1 Å². The molecule has 0 fully saturated rings. The number of nitrogens with one attached hydrogen (secondary N) is 1. The van der Waals surface area contributed by atoms with Crippen molar-refractivity contribution in [1.82, 2.24) is 0 Å². The Balaban J connectivity index is 1.70. The summed E-state index contributed by atoms with van der Waals surface area (Å²) in [6.45, 7) is 6.31. The van der Waals surface area contributed by atoms with Gasteiger partial charge in [0.25, 0.3) is 0 Å². The number of amides is 2. The maximum Gasteiger partial charge on any atom is 0.240 e. The summed E-state index contributed by atoms with van der Waals surface area (Å²) in [6, 6.07) is 13.9. The molecule has 1 N–H and O–H groups in total. The molecule has 4 nitrogen and oxygen atoms in total. The predicted octanol–water partition coefficient (Wildman–Crippen LogP) is 4.41. The van der Waals surface area contributed by atoms with Gasteiger partial charge < -0.3 is 10.2 Å². The summed E-state index contributed by atoms with van der Waals surface area (Å²) in [5.74, 6) is 0.0543. The Kier molecular flexibility index (Phi) is 5.67. The van der Waals surface area contributed by atoms with E-state index in [9.17, 15) is 9.59 Å². The van der Waals surface area contributed by atoms with Gasteiger partial charge in [-0.25, -0.2) is 0 Å². The molecule has 3 rings (SSSR count). The lowest BCUT2D eigenvalue weighted by molar-refractivity contribution is -0.118. The Morgan fingerprint density at radius 2 is 1.88 bits per heavy atom. The van der Waals surface area contributed by atoms with Gasteiger partial charge in [0, 0.05) is 29.7 Å². The topological polar surface area (TPSA) is 49.4 Å². The largest absolute Gasteiger partial charge is 0.326 e. The highest BCUT2D eigenvalue weighted by molar-refractivity contribution is 8.00. The molecule has 0 spiro atoms. The number of rotatable bonds is 4. The molecule has 0 aliphatic carbocycles. The van der Waals surface area contributed by atoms with Gasteiger partial charge in [0.15, 0.2) is 0 Å². The molecular weight excluding hydrogens is 344 g/mol. The van der Waals surface area contributed by atoms with E-state index >= 15 is 0 Å². The summed E-state index contributed by atoms with van der Waals surface area (Å²) in [5.41, 5.74) is 4.32. The van der Waals surface area contributed by atoms with Gasteiger partial charge in [0.05, 0.1) is 5.25 Å². The number of benzene rings is 2. The predicted molar refractivity (Wildman–Crippen MR) is 108 cm³/mol. The molecule has 0 aromatic heterocycles. The van der Waals surface area contributed by atoms with Crippen molar-refractivity contribution >= 4 is 35.0 Å². The van der Waals surface area contributed by atoms with Gasteiger partial charge >= 0.3 is 0 Å². The Bertz CT molecular complexity index is 817. The van der Waals surface area contributed by atoms with Crippen LogP contribution in [0.25, 0.3) is 0 Å². The lowest BCUT2D eigenvalue weighted by atomic mass is 9.99. The number of carbonyl (C=O) groups excluding carboxylic acids is 2. The number of fused-ring (bicyclic) bond motifs is 1. The van der Waals surface area contributed by atoms with E-state index in [0.29, 0.717) is 0 Å². The van der Waals surface area contributed by atoms with Gasteiger partial charge in [0.1, 0.15) is 0 Å². The summed E-state index contributed by atoms with van der Waals surface area (Å²) in [4.78, 5) is 27.1. The smallest absolute Gasteiger partial charge is 0.240 e. The highest BCUT2D eigenvalue weighted by Gasteiger charge is 2.26. The summed E-state index contributed by atoms with van der Waals surface area (Å²) < 4.78 is 0. The number of carbonyl (C=O) groups is 2. The first kappa shape index (κ1) is 18.5. The second kappa shape index (κ2) is 7.96. The summed E-state index contributed by atoms with van der Waals surface area (Å²) in [6.07, 6.45) is 2.04. The third-order valence-corrected chi connectivity index (χ3v) is 5.55. The average Bonchev–Trinajstić information content (AvgIpc) is 2.61. The van der Waals surface area contributed by atoms with Crippen LogP contribution in [0.1, 0.15) is 31.4 Å². The number of aryl methyl sites for hydroxylation is 2. The van der Waals surface area contributed by atoms with Crippen molar-refractivity contribution in [1.29, 1.82) is 0 Å². The summed E-state index contributed by atoms with van der Waals surface area (Å²) >= 11 is 1.55. The highest BCUT2D eigenvalue weighted by Crippen LogP contribution is 2.32. The SMILES string of the molecule is CC(=O)Nc1ccc(SC(C)C(=O)N2CCCc3cc(C)ccc32)cc1. The van der Waals surface area contributed by atoms with Gasteiger partial charge in [-0.3, -0.25) is 9.59 Å². The molecule has 1 heterocycles. The third kappa shape index (κ3) is 4.28. The molecule has 2 aromatic rings. The van der Waals surface area contributed by atoms with Gasteiger partial charge in [-0.1, -0.05) is 17.7 Å². The molecule has 0 radical (unpaired) electrons. The minimum absolute atomic E-state index is 0.0899. The number of hydrogen-bond acceptors (Lipinski definition) is 3. The number of thioether (sulfide) groups is 1. The summed E-state index contributed by atoms with van der Waals surface area (Å²) in [5, 5.41) is 2.58. The molecule has 26 heavy (non-hydrogen) atoms. The summed E-state index contributed by atoms with van der Waals surface area (Å²) in [7, 11) is 0. The monoisotopic (exact) mass is 368 g/mol. The molecule has 0 saturated carbocycles. The van der Waals surface area contributed by atoms with Crippen LogP contribution in [0.3, 0.4) is 0 Å². The number of anilines is 2.